The molecular formula is C54H34S2. The SMILES string of the molecule is C1=Cc2c(sc3c(-c4cccc(-c5ccc6c7ccccc7c7ccc(-c8cccc(-c9cccc%10c9sc9ccccc9%10)c8)cc7c6c5)c4)cccc23)CC1. The van der Waals surface area contributed by atoms with Crippen LogP contribution in [0, 0.1) is 0 Å². The maximum Gasteiger partial charge on any atom is 0.0433 e. The van der Waals surface area contributed by atoms with Crippen LogP contribution in [0.15, 0.2) is 176 Å². The van der Waals surface area contributed by atoms with Gasteiger partial charge in [0.25, 0.3) is 0 Å². The second kappa shape index (κ2) is 12.6. The number of rotatable bonds is 4. The summed E-state index contributed by atoms with van der Waals surface area (Å²) >= 11 is 3.87. The Bertz CT molecular complexity index is 3430. The highest BCUT2D eigenvalue weighted by atomic mass is 32.1. The summed E-state index contributed by atoms with van der Waals surface area (Å²) < 4.78 is 4.08. The number of thiophene rings is 2. The first-order valence-electron chi connectivity index (χ1n) is 19.5. The van der Waals surface area contributed by atoms with Crippen LogP contribution in [-0.4, -0.2) is 0 Å². The Morgan fingerprint density at radius 2 is 0.839 bits per heavy atom. The zero-order valence-electron chi connectivity index (χ0n) is 30.6. The van der Waals surface area contributed by atoms with Crippen molar-refractivity contribution in [2.75, 3.05) is 0 Å². The van der Waals surface area contributed by atoms with Gasteiger partial charge in [0.2, 0.25) is 0 Å². The molecule has 2 heteroatoms. The maximum absolute atomic E-state index is 2.43. The minimum absolute atomic E-state index is 1.13. The average Bonchev–Trinajstić information content (AvgIpc) is 3.85. The van der Waals surface area contributed by atoms with Crippen LogP contribution in [0.25, 0.3) is 113 Å². The third-order valence-electron chi connectivity index (χ3n) is 11.9. The maximum atomic E-state index is 2.43. The molecule has 2 aromatic heterocycles. The molecule has 0 saturated heterocycles. The summed E-state index contributed by atoms with van der Waals surface area (Å²) in [6, 6.07) is 63.7. The van der Waals surface area contributed by atoms with E-state index in [9.17, 15) is 0 Å². The predicted molar refractivity (Wildman–Crippen MR) is 246 cm³/mol. The monoisotopic (exact) mass is 746 g/mol. The lowest BCUT2D eigenvalue weighted by atomic mass is 9.89. The van der Waals surface area contributed by atoms with Crippen LogP contribution in [0.4, 0.5) is 0 Å². The van der Waals surface area contributed by atoms with Gasteiger partial charge in [0.1, 0.15) is 0 Å². The number of allylic oxidation sites excluding steroid dienone is 1. The van der Waals surface area contributed by atoms with Crippen LogP contribution < -0.4 is 0 Å². The molecule has 0 amide bonds. The average molecular weight is 747 g/mol. The third kappa shape index (κ3) is 4.96. The first kappa shape index (κ1) is 32.0. The summed E-state index contributed by atoms with van der Waals surface area (Å²) in [6.45, 7) is 0. The van der Waals surface area contributed by atoms with E-state index in [1.165, 1.54) is 118 Å². The molecule has 0 nitrogen and oxygen atoms in total. The largest absolute Gasteiger partial charge is 0.139 e. The summed E-state index contributed by atoms with van der Waals surface area (Å²) in [7, 11) is 0. The molecule has 0 radical (unpaired) electrons. The topological polar surface area (TPSA) is 0 Å². The fourth-order valence-corrected chi connectivity index (χ4v) is 11.8. The Morgan fingerprint density at radius 3 is 1.50 bits per heavy atom. The Labute approximate surface area is 333 Å². The van der Waals surface area contributed by atoms with Gasteiger partial charge in [0.05, 0.1) is 0 Å². The summed E-state index contributed by atoms with van der Waals surface area (Å²) in [5, 5.41) is 11.8. The van der Waals surface area contributed by atoms with Crippen LogP contribution in [-0.2, 0) is 6.42 Å². The standard InChI is InChI=1S/C54H34S2/c1-2-16-42-41(15-1)43-27-25-35(33-11-7-13-37(29-33)39-19-9-21-47-45-17-3-5-23-51(45)55-53(39)47)31-49(43)50-32-36(26-28-44(42)50)34-12-8-14-38(30-34)40-20-10-22-48-46-18-4-6-24-52(46)56-54(40)48/h1-5,7-23,25-32H,6,24H2. The van der Waals surface area contributed by atoms with Gasteiger partial charge < -0.3 is 0 Å². The van der Waals surface area contributed by atoms with Crippen molar-refractivity contribution in [3.63, 3.8) is 0 Å². The van der Waals surface area contributed by atoms with Crippen LogP contribution in [0.2, 0.25) is 0 Å². The van der Waals surface area contributed by atoms with E-state index in [0.717, 1.165) is 12.8 Å². The molecule has 1 aliphatic carbocycles. The van der Waals surface area contributed by atoms with Crippen molar-refractivity contribution in [3.05, 3.63) is 186 Å². The molecule has 0 spiro atoms. The Morgan fingerprint density at radius 1 is 0.339 bits per heavy atom. The molecule has 11 aromatic rings. The zero-order chi connectivity index (χ0) is 36.7. The van der Waals surface area contributed by atoms with Gasteiger partial charge in [-0.05, 0) is 126 Å². The van der Waals surface area contributed by atoms with Gasteiger partial charge in [-0.25, -0.2) is 0 Å². The van der Waals surface area contributed by atoms with Crippen molar-refractivity contribution < 1.29 is 0 Å². The lowest BCUT2D eigenvalue weighted by molar-refractivity contribution is 1.02. The first-order chi connectivity index (χ1) is 27.7. The molecular weight excluding hydrogens is 713 g/mol. The van der Waals surface area contributed by atoms with Crippen molar-refractivity contribution >= 4 is 91.3 Å². The van der Waals surface area contributed by atoms with Crippen LogP contribution in [0.5, 0.6) is 0 Å². The lowest BCUT2D eigenvalue weighted by Crippen LogP contribution is -1.88. The molecule has 9 aromatic carbocycles. The van der Waals surface area contributed by atoms with E-state index in [4.69, 9.17) is 0 Å². The van der Waals surface area contributed by atoms with Gasteiger partial charge in [-0.1, -0.05) is 152 Å². The summed E-state index contributed by atoms with van der Waals surface area (Å²) in [5.74, 6) is 0. The number of hydrogen-bond acceptors (Lipinski definition) is 2. The minimum Gasteiger partial charge on any atom is -0.139 e. The highest BCUT2D eigenvalue weighted by molar-refractivity contribution is 7.26. The number of hydrogen-bond donors (Lipinski definition) is 0. The molecule has 0 aliphatic heterocycles. The van der Waals surface area contributed by atoms with Crippen LogP contribution in [0.1, 0.15) is 16.9 Å². The highest BCUT2D eigenvalue weighted by Gasteiger charge is 2.17. The van der Waals surface area contributed by atoms with E-state index < -0.39 is 0 Å². The molecule has 0 bridgehead atoms. The van der Waals surface area contributed by atoms with Gasteiger partial charge in [-0.15, -0.1) is 22.7 Å². The lowest BCUT2D eigenvalue weighted by Gasteiger charge is -2.14. The number of aryl methyl sites for hydroxylation is 1. The minimum atomic E-state index is 1.13. The molecule has 0 saturated carbocycles. The Balaban J connectivity index is 1.01. The van der Waals surface area contributed by atoms with Crippen molar-refractivity contribution in [1.29, 1.82) is 0 Å². The van der Waals surface area contributed by atoms with E-state index in [-0.39, 0.29) is 0 Å². The van der Waals surface area contributed by atoms with Crippen LogP contribution in [0.3, 0.4) is 0 Å². The molecule has 1 aliphatic rings. The molecule has 12 rings (SSSR count). The molecule has 2 heterocycles. The van der Waals surface area contributed by atoms with Crippen molar-refractivity contribution in [1.82, 2.24) is 0 Å². The van der Waals surface area contributed by atoms with Crippen molar-refractivity contribution in [2.24, 2.45) is 0 Å². The molecule has 0 N–H and O–H groups in total. The van der Waals surface area contributed by atoms with E-state index in [2.05, 4.69) is 182 Å². The van der Waals surface area contributed by atoms with Gasteiger partial charge in [-0.3, -0.25) is 0 Å². The smallest absolute Gasteiger partial charge is 0.0433 e. The fraction of sp³-hybridized carbons (Fsp3) is 0.0370. The Kier molecular flexibility index (Phi) is 7.20. The van der Waals surface area contributed by atoms with E-state index >= 15 is 0 Å². The van der Waals surface area contributed by atoms with Crippen molar-refractivity contribution in [3.8, 4) is 44.5 Å². The molecule has 0 unspecified atom stereocenters. The number of benzene rings is 9. The molecule has 0 fully saturated rings. The van der Waals surface area contributed by atoms with E-state index in [1.807, 2.05) is 22.7 Å². The molecule has 0 atom stereocenters. The quantitative estimate of drug-likeness (QED) is 0.157. The number of fused-ring (bicyclic) bond motifs is 12. The van der Waals surface area contributed by atoms with Crippen LogP contribution >= 0.6 is 22.7 Å². The molecule has 56 heavy (non-hydrogen) atoms. The van der Waals surface area contributed by atoms with Gasteiger partial charge in [0.15, 0.2) is 0 Å². The van der Waals surface area contributed by atoms with Crippen molar-refractivity contribution in [2.45, 2.75) is 12.8 Å². The summed E-state index contributed by atoms with van der Waals surface area (Å²) in [6.07, 6.45) is 6.92. The third-order valence-corrected chi connectivity index (χ3v) is 14.4. The highest BCUT2D eigenvalue weighted by Crippen LogP contribution is 2.44. The predicted octanol–water partition coefficient (Wildman–Crippen LogP) is 16.4. The second-order valence-corrected chi connectivity index (χ2v) is 17.2. The normalized spacial score (nSPS) is 12.8. The van der Waals surface area contributed by atoms with E-state index in [1.54, 1.807) is 0 Å². The first-order valence-corrected chi connectivity index (χ1v) is 21.1. The second-order valence-electron chi connectivity index (χ2n) is 15.1. The van der Waals surface area contributed by atoms with E-state index in [0.29, 0.717) is 0 Å². The fourth-order valence-electron chi connectivity index (χ4n) is 9.22. The van der Waals surface area contributed by atoms with Gasteiger partial charge >= 0.3 is 0 Å². The zero-order valence-corrected chi connectivity index (χ0v) is 32.2. The summed E-state index contributed by atoms with van der Waals surface area (Å²) in [5.41, 5.74) is 11.5. The molecule has 262 valence electrons. The van der Waals surface area contributed by atoms with Gasteiger partial charge in [-0.2, -0.15) is 0 Å². The van der Waals surface area contributed by atoms with Gasteiger partial charge in [0, 0.05) is 35.1 Å². The summed E-state index contributed by atoms with van der Waals surface area (Å²) in [4.78, 5) is 1.51. The Hall–Kier alpha value is -6.32.